The quantitative estimate of drug-likeness (QED) is 0.340. The average molecular weight is 552 g/mol. The number of para-hydroxylation sites is 1. The van der Waals surface area contributed by atoms with Gasteiger partial charge in [0.05, 0.1) is 22.5 Å². The normalized spacial score (nSPS) is 14.4. The molecule has 0 unspecified atom stereocenters. The van der Waals surface area contributed by atoms with Gasteiger partial charge in [0.1, 0.15) is 0 Å². The van der Waals surface area contributed by atoms with E-state index in [2.05, 4.69) is 20.5 Å². The van der Waals surface area contributed by atoms with Crippen molar-refractivity contribution in [3.8, 4) is 5.69 Å². The highest BCUT2D eigenvalue weighted by Crippen LogP contribution is 2.29. The van der Waals surface area contributed by atoms with Crippen LogP contribution in [0.4, 0.5) is 15.8 Å². The van der Waals surface area contributed by atoms with E-state index in [1.165, 1.54) is 27.3 Å². The van der Waals surface area contributed by atoms with Gasteiger partial charge in [-0.3, -0.25) is 19.6 Å². The van der Waals surface area contributed by atoms with Crippen LogP contribution in [0.25, 0.3) is 5.69 Å². The molecule has 1 saturated heterocycles. The summed E-state index contributed by atoms with van der Waals surface area (Å²) in [5.74, 6) is -0.494. The molecule has 0 spiro atoms. The Hall–Kier alpha value is -3.94. The van der Waals surface area contributed by atoms with E-state index < -0.39 is 15.9 Å². The topological polar surface area (TPSA) is 131 Å². The number of rotatable bonds is 7. The summed E-state index contributed by atoms with van der Waals surface area (Å²) in [6.07, 6.45) is 3.10. The third-order valence-electron chi connectivity index (χ3n) is 6.29. The smallest absolute Gasteiger partial charge is 0.298 e. The fourth-order valence-corrected chi connectivity index (χ4v) is 6.38. The minimum atomic E-state index is -3.64. The first-order valence-electron chi connectivity index (χ1n) is 11.9. The number of thiazole rings is 1. The number of aromatic nitrogens is 3. The van der Waals surface area contributed by atoms with E-state index in [4.69, 9.17) is 0 Å². The summed E-state index contributed by atoms with van der Waals surface area (Å²) >= 11 is 1.08. The van der Waals surface area contributed by atoms with Gasteiger partial charge >= 0.3 is 0 Å². The molecule has 2 aromatic carbocycles. The van der Waals surface area contributed by atoms with E-state index in [0.717, 1.165) is 24.2 Å². The van der Waals surface area contributed by atoms with Crippen molar-refractivity contribution in [3.05, 3.63) is 82.4 Å². The van der Waals surface area contributed by atoms with Crippen LogP contribution >= 0.6 is 11.3 Å². The van der Waals surface area contributed by atoms with Crippen LogP contribution in [0.2, 0.25) is 0 Å². The van der Waals surface area contributed by atoms with Crippen LogP contribution in [0.5, 0.6) is 0 Å². The summed E-state index contributed by atoms with van der Waals surface area (Å²) in [5, 5.41) is 11.6. The van der Waals surface area contributed by atoms with Crippen molar-refractivity contribution in [1.82, 2.24) is 18.7 Å². The van der Waals surface area contributed by atoms with E-state index in [-0.39, 0.29) is 26.8 Å². The molecule has 1 aliphatic rings. The highest BCUT2D eigenvalue weighted by atomic mass is 32.2. The lowest BCUT2D eigenvalue weighted by atomic mass is 10.2. The van der Waals surface area contributed by atoms with Crippen molar-refractivity contribution in [2.24, 2.45) is 17.3 Å². The monoisotopic (exact) mass is 551 g/mol. The van der Waals surface area contributed by atoms with Gasteiger partial charge in [-0.25, -0.2) is 18.1 Å². The lowest BCUT2D eigenvalue weighted by molar-refractivity contribution is 0.102. The SMILES string of the molecule is Cc1c(N=Nc2cnc(NC(=O)c3cccc(S(=O)(=O)N4CCCC4)c3)s2)c(=O)n(-c2ccccc2)n1C. The first-order chi connectivity index (χ1) is 18.3. The number of hydrogen-bond donors (Lipinski definition) is 1. The van der Waals surface area contributed by atoms with Gasteiger partial charge < -0.3 is 0 Å². The van der Waals surface area contributed by atoms with Crippen LogP contribution in [0.1, 0.15) is 28.9 Å². The lowest BCUT2D eigenvalue weighted by Gasteiger charge is -2.15. The Morgan fingerprint density at radius 2 is 1.79 bits per heavy atom. The maximum absolute atomic E-state index is 13.0. The molecule has 5 rings (SSSR count). The predicted molar refractivity (Wildman–Crippen MR) is 144 cm³/mol. The van der Waals surface area contributed by atoms with Crippen molar-refractivity contribution in [3.63, 3.8) is 0 Å². The van der Waals surface area contributed by atoms with Gasteiger partial charge in [-0.05, 0) is 50.1 Å². The van der Waals surface area contributed by atoms with Crippen molar-refractivity contribution in [2.75, 3.05) is 18.4 Å². The summed E-state index contributed by atoms with van der Waals surface area (Å²) in [6.45, 7) is 2.75. The largest absolute Gasteiger partial charge is 0.299 e. The van der Waals surface area contributed by atoms with Crippen LogP contribution < -0.4 is 10.9 Å². The molecule has 2 aromatic heterocycles. The van der Waals surface area contributed by atoms with Gasteiger partial charge in [-0.2, -0.15) is 4.31 Å². The van der Waals surface area contributed by atoms with Crippen LogP contribution in [-0.4, -0.2) is 46.1 Å². The molecular weight excluding hydrogens is 526 g/mol. The molecule has 38 heavy (non-hydrogen) atoms. The number of nitrogens with zero attached hydrogens (tertiary/aromatic N) is 6. The molecule has 0 radical (unpaired) electrons. The first kappa shape index (κ1) is 25.7. The van der Waals surface area contributed by atoms with E-state index in [1.54, 1.807) is 30.8 Å². The van der Waals surface area contributed by atoms with Crippen molar-refractivity contribution in [2.45, 2.75) is 24.7 Å². The molecule has 0 aliphatic carbocycles. The zero-order valence-corrected chi connectivity index (χ0v) is 22.4. The minimum Gasteiger partial charge on any atom is -0.298 e. The second-order valence-corrected chi connectivity index (χ2v) is 11.7. The molecule has 0 atom stereocenters. The summed E-state index contributed by atoms with van der Waals surface area (Å²) in [7, 11) is -1.87. The van der Waals surface area contributed by atoms with Crippen LogP contribution in [-0.2, 0) is 17.1 Å². The number of anilines is 1. The zero-order valence-electron chi connectivity index (χ0n) is 20.7. The summed E-state index contributed by atoms with van der Waals surface area (Å²) in [5.41, 5.74) is 1.45. The Morgan fingerprint density at radius 3 is 2.53 bits per heavy atom. The fraction of sp³-hybridized carbons (Fsp3) is 0.240. The molecule has 1 fully saturated rings. The minimum absolute atomic E-state index is 0.0834. The van der Waals surface area contributed by atoms with Gasteiger partial charge in [0.25, 0.3) is 11.5 Å². The third kappa shape index (κ3) is 4.95. The standard InChI is InChI=1S/C25H25N7O4S2/c1-17-22(24(34)32(30(17)2)19-10-4-3-5-11-19)29-28-21-16-26-25(37-21)27-23(33)18-9-8-12-20(15-18)38(35,36)31-13-6-7-14-31/h3-5,8-12,15-16H,6-7,13-14H2,1-2H3,(H,26,27,33). The Morgan fingerprint density at radius 1 is 1.05 bits per heavy atom. The predicted octanol–water partition coefficient (Wildman–Crippen LogP) is 4.39. The molecule has 1 amide bonds. The molecule has 11 nitrogen and oxygen atoms in total. The van der Waals surface area contributed by atoms with Gasteiger partial charge in [0.15, 0.2) is 15.8 Å². The number of benzene rings is 2. The van der Waals surface area contributed by atoms with E-state index in [9.17, 15) is 18.0 Å². The first-order valence-corrected chi connectivity index (χ1v) is 14.1. The molecule has 196 valence electrons. The molecule has 3 heterocycles. The maximum Gasteiger partial charge on any atom is 0.299 e. The Labute approximate surface area is 223 Å². The van der Waals surface area contributed by atoms with Gasteiger partial charge in [0.2, 0.25) is 10.0 Å². The summed E-state index contributed by atoms with van der Waals surface area (Å²) < 4.78 is 30.4. The Balaban J connectivity index is 1.32. The highest BCUT2D eigenvalue weighted by molar-refractivity contribution is 7.89. The highest BCUT2D eigenvalue weighted by Gasteiger charge is 2.27. The molecule has 0 saturated carbocycles. The van der Waals surface area contributed by atoms with Crippen molar-refractivity contribution < 1.29 is 13.2 Å². The number of azo groups is 1. The molecule has 0 bridgehead atoms. The van der Waals surface area contributed by atoms with Crippen molar-refractivity contribution in [1.29, 1.82) is 0 Å². The van der Waals surface area contributed by atoms with Crippen LogP contribution in [0.3, 0.4) is 0 Å². The number of sulfonamides is 1. The summed E-state index contributed by atoms with van der Waals surface area (Å²) in [4.78, 5) is 30.1. The van der Waals surface area contributed by atoms with Crippen molar-refractivity contribution >= 4 is 43.1 Å². The van der Waals surface area contributed by atoms with Gasteiger partial charge in [0, 0.05) is 25.7 Å². The average Bonchev–Trinajstić information content (AvgIpc) is 3.66. The second-order valence-electron chi connectivity index (χ2n) is 8.71. The molecular formula is C25H25N7O4S2. The molecule has 1 aliphatic heterocycles. The van der Waals surface area contributed by atoms with E-state index >= 15 is 0 Å². The van der Waals surface area contributed by atoms with E-state index in [0.29, 0.717) is 29.5 Å². The fourth-order valence-electron chi connectivity index (χ4n) is 4.18. The zero-order chi connectivity index (χ0) is 26.9. The molecule has 4 aromatic rings. The Kier molecular flexibility index (Phi) is 7.06. The molecule has 13 heteroatoms. The maximum atomic E-state index is 13.0. The number of hydrogen-bond acceptors (Lipinski definition) is 8. The second kappa shape index (κ2) is 10.4. The van der Waals surface area contributed by atoms with Crippen LogP contribution in [0, 0.1) is 6.92 Å². The third-order valence-corrected chi connectivity index (χ3v) is 8.98. The number of nitrogens with one attached hydrogen (secondary N) is 1. The summed E-state index contributed by atoms with van der Waals surface area (Å²) in [6, 6.07) is 15.2. The molecule has 1 N–H and O–H groups in total. The number of amides is 1. The van der Waals surface area contributed by atoms with Gasteiger partial charge in [-0.1, -0.05) is 35.6 Å². The Bertz CT molecular complexity index is 1680. The lowest BCUT2D eigenvalue weighted by Crippen LogP contribution is -2.28. The number of carbonyl (C=O) groups is 1. The van der Waals surface area contributed by atoms with E-state index in [1.807, 2.05) is 30.3 Å². The van der Waals surface area contributed by atoms with Crippen LogP contribution in [0.15, 0.2) is 80.7 Å². The number of carbonyl (C=O) groups excluding carboxylic acids is 1. The van der Waals surface area contributed by atoms with Gasteiger partial charge in [-0.15, -0.1) is 10.2 Å².